The first-order valence-corrected chi connectivity index (χ1v) is 5.42. The molecule has 92 valence electrons. The van der Waals surface area contributed by atoms with Gasteiger partial charge < -0.3 is 10.0 Å². The summed E-state index contributed by atoms with van der Waals surface area (Å²) in [6.07, 6.45) is 3.10. The van der Waals surface area contributed by atoms with Crippen LogP contribution in [-0.2, 0) is 16.1 Å². The van der Waals surface area contributed by atoms with E-state index in [0.29, 0.717) is 6.54 Å². The van der Waals surface area contributed by atoms with E-state index in [2.05, 4.69) is 10.3 Å². The van der Waals surface area contributed by atoms with E-state index in [1.165, 1.54) is 10.9 Å². The summed E-state index contributed by atoms with van der Waals surface area (Å²) < 4.78 is 1.43. The third-order valence-corrected chi connectivity index (χ3v) is 3.05. The molecule has 0 spiro atoms. The summed E-state index contributed by atoms with van der Waals surface area (Å²) >= 11 is 0. The standard InChI is InChI=1S/C10H14N4O3/c1-7-4-13(5-8(7)10(16)17)9(15)6-14-3-2-11-12-14/h2-3,7-8H,4-6H2,1H3,(H,16,17). The zero-order valence-electron chi connectivity index (χ0n) is 9.48. The fourth-order valence-corrected chi connectivity index (χ4v) is 2.05. The van der Waals surface area contributed by atoms with Gasteiger partial charge in [-0.25, -0.2) is 4.68 Å². The third-order valence-electron chi connectivity index (χ3n) is 3.05. The molecule has 0 aromatic carbocycles. The van der Waals surface area contributed by atoms with Gasteiger partial charge in [0.2, 0.25) is 5.91 Å². The van der Waals surface area contributed by atoms with Crippen molar-refractivity contribution in [1.82, 2.24) is 19.9 Å². The molecule has 0 bridgehead atoms. The molecule has 1 N–H and O–H groups in total. The molecular formula is C10H14N4O3. The molecule has 1 saturated heterocycles. The predicted octanol–water partition coefficient (Wildman–Crippen LogP) is -0.543. The van der Waals surface area contributed by atoms with E-state index in [1.807, 2.05) is 6.92 Å². The second kappa shape index (κ2) is 4.52. The minimum absolute atomic E-state index is 0.00723. The molecular weight excluding hydrogens is 224 g/mol. The van der Waals surface area contributed by atoms with Gasteiger partial charge in [0.15, 0.2) is 0 Å². The highest BCUT2D eigenvalue weighted by atomic mass is 16.4. The maximum atomic E-state index is 11.9. The largest absolute Gasteiger partial charge is 0.481 e. The molecule has 1 aromatic rings. The molecule has 7 nitrogen and oxygen atoms in total. The summed E-state index contributed by atoms with van der Waals surface area (Å²) in [7, 11) is 0. The summed E-state index contributed by atoms with van der Waals surface area (Å²) in [5.74, 6) is -1.43. The minimum atomic E-state index is -0.839. The van der Waals surface area contributed by atoms with Crippen molar-refractivity contribution in [1.29, 1.82) is 0 Å². The lowest BCUT2D eigenvalue weighted by Crippen LogP contribution is -2.33. The summed E-state index contributed by atoms with van der Waals surface area (Å²) in [6, 6.07) is 0. The number of carboxylic acid groups (broad SMARTS) is 1. The molecule has 0 saturated carbocycles. The van der Waals surface area contributed by atoms with Crippen LogP contribution in [-0.4, -0.2) is 50.0 Å². The zero-order valence-corrected chi connectivity index (χ0v) is 9.48. The quantitative estimate of drug-likeness (QED) is 0.763. The first kappa shape index (κ1) is 11.6. The average molecular weight is 238 g/mol. The van der Waals surface area contributed by atoms with Crippen molar-refractivity contribution in [3.8, 4) is 0 Å². The average Bonchev–Trinajstić information content (AvgIpc) is 2.86. The second-order valence-electron chi connectivity index (χ2n) is 4.32. The van der Waals surface area contributed by atoms with Crippen molar-refractivity contribution in [3.63, 3.8) is 0 Å². The second-order valence-corrected chi connectivity index (χ2v) is 4.32. The Balaban J connectivity index is 1.96. The number of carbonyl (C=O) groups excluding carboxylic acids is 1. The zero-order chi connectivity index (χ0) is 12.4. The number of rotatable bonds is 3. The molecule has 1 aliphatic rings. The molecule has 17 heavy (non-hydrogen) atoms. The van der Waals surface area contributed by atoms with Crippen LogP contribution in [0.5, 0.6) is 0 Å². The van der Waals surface area contributed by atoms with Crippen LogP contribution in [0.3, 0.4) is 0 Å². The normalized spacial score (nSPS) is 23.9. The monoisotopic (exact) mass is 238 g/mol. The highest BCUT2D eigenvalue weighted by molar-refractivity contribution is 5.78. The molecule has 2 heterocycles. The lowest BCUT2D eigenvalue weighted by atomic mass is 9.99. The molecule has 0 radical (unpaired) electrons. The number of aromatic nitrogens is 3. The Labute approximate surface area is 98.0 Å². The summed E-state index contributed by atoms with van der Waals surface area (Å²) in [5.41, 5.74) is 0. The Bertz CT molecular complexity index is 417. The fourth-order valence-electron chi connectivity index (χ4n) is 2.05. The van der Waals surface area contributed by atoms with E-state index < -0.39 is 11.9 Å². The molecule has 0 aliphatic carbocycles. The van der Waals surface area contributed by atoms with E-state index in [0.717, 1.165) is 0 Å². The minimum Gasteiger partial charge on any atom is -0.481 e. The SMILES string of the molecule is CC1CN(C(=O)Cn2ccnn2)CC1C(=O)O. The van der Waals surface area contributed by atoms with Gasteiger partial charge in [0.1, 0.15) is 6.54 Å². The molecule has 2 atom stereocenters. The van der Waals surface area contributed by atoms with Gasteiger partial charge in [0.05, 0.1) is 12.1 Å². The first-order chi connectivity index (χ1) is 8.08. The smallest absolute Gasteiger partial charge is 0.308 e. The van der Waals surface area contributed by atoms with Gasteiger partial charge in [0, 0.05) is 19.3 Å². The number of carbonyl (C=O) groups is 2. The van der Waals surface area contributed by atoms with Crippen LogP contribution < -0.4 is 0 Å². The number of aliphatic carboxylic acids is 1. The van der Waals surface area contributed by atoms with Crippen molar-refractivity contribution in [2.45, 2.75) is 13.5 Å². The molecule has 2 rings (SSSR count). The number of nitrogens with zero attached hydrogens (tertiary/aromatic N) is 4. The summed E-state index contributed by atoms with van der Waals surface area (Å²) in [5, 5.41) is 16.3. The molecule has 7 heteroatoms. The van der Waals surface area contributed by atoms with Crippen LogP contribution in [0.2, 0.25) is 0 Å². The molecule has 1 fully saturated rings. The lowest BCUT2D eigenvalue weighted by molar-refractivity contribution is -0.142. The van der Waals surface area contributed by atoms with E-state index in [-0.39, 0.29) is 24.9 Å². The number of carboxylic acids is 1. The van der Waals surface area contributed by atoms with E-state index in [1.54, 1.807) is 11.1 Å². The van der Waals surface area contributed by atoms with Gasteiger partial charge in [-0.05, 0) is 5.92 Å². The Morgan fingerprint density at radius 2 is 2.24 bits per heavy atom. The first-order valence-electron chi connectivity index (χ1n) is 5.42. The highest BCUT2D eigenvalue weighted by Gasteiger charge is 2.36. The molecule has 1 aromatic heterocycles. The topological polar surface area (TPSA) is 88.3 Å². The predicted molar refractivity (Wildman–Crippen MR) is 56.9 cm³/mol. The van der Waals surface area contributed by atoms with E-state index in [9.17, 15) is 9.59 Å². The lowest BCUT2D eigenvalue weighted by Gasteiger charge is -2.15. The van der Waals surface area contributed by atoms with Gasteiger partial charge in [-0.1, -0.05) is 12.1 Å². The van der Waals surface area contributed by atoms with Crippen LogP contribution in [0.25, 0.3) is 0 Å². The summed E-state index contributed by atoms with van der Waals surface area (Å²) in [6.45, 7) is 2.73. The van der Waals surface area contributed by atoms with Crippen LogP contribution >= 0.6 is 0 Å². The molecule has 1 amide bonds. The molecule has 1 aliphatic heterocycles. The van der Waals surface area contributed by atoms with E-state index >= 15 is 0 Å². The summed E-state index contributed by atoms with van der Waals surface area (Å²) in [4.78, 5) is 24.4. The highest BCUT2D eigenvalue weighted by Crippen LogP contribution is 2.23. The van der Waals surface area contributed by atoms with Crippen LogP contribution in [0.15, 0.2) is 12.4 Å². The van der Waals surface area contributed by atoms with Gasteiger partial charge in [-0.3, -0.25) is 9.59 Å². The van der Waals surface area contributed by atoms with Gasteiger partial charge in [-0.15, -0.1) is 5.10 Å². The Kier molecular flexibility index (Phi) is 3.08. The van der Waals surface area contributed by atoms with Crippen molar-refractivity contribution in [3.05, 3.63) is 12.4 Å². The maximum absolute atomic E-state index is 11.9. The number of likely N-dealkylation sites (tertiary alicyclic amines) is 1. The number of amides is 1. The fraction of sp³-hybridized carbons (Fsp3) is 0.600. The van der Waals surface area contributed by atoms with Crippen molar-refractivity contribution < 1.29 is 14.7 Å². The maximum Gasteiger partial charge on any atom is 0.308 e. The molecule has 2 unspecified atom stereocenters. The van der Waals surface area contributed by atoms with Crippen molar-refractivity contribution >= 4 is 11.9 Å². The van der Waals surface area contributed by atoms with Gasteiger partial charge in [0.25, 0.3) is 0 Å². The van der Waals surface area contributed by atoms with Crippen LogP contribution in [0.1, 0.15) is 6.92 Å². The van der Waals surface area contributed by atoms with Crippen molar-refractivity contribution in [2.24, 2.45) is 11.8 Å². The Morgan fingerprint density at radius 1 is 1.47 bits per heavy atom. The Hall–Kier alpha value is -1.92. The van der Waals surface area contributed by atoms with E-state index in [4.69, 9.17) is 5.11 Å². The number of hydrogen-bond acceptors (Lipinski definition) is 4. The van der Waals surface area contributed by atoms with Gasteiger partial charge >= 0.3 is 5.97 Å². The van der Waals surface area contributed by atoms with Crippen LogP contribution in [0, 0.1) is 11.8 Å². The third kappa shape index (κ3) is 2.43. The van der Waals surface area contributed by atoms with Gasteiger partial charge in [-0.2, -0.15) is 0 Å². The van der Waals surface area contributed by atoms with Crippen LogP contribution in [0.4, 0.5) is 0 Å². The Morgan fingerprint density at radius 3 is 2.76 bits per heavy atom. The van der Waals surface area contributed by atoms with Crippen molar-refractivity contribution in [2.75, 3.05) is 13.1 Å². The number of hydrogen-bond donors (Lipinski definition) is 1.